The monoisotopic (exact) mass is 438 g/mol. The molecule has 0 fully saturated rings. The molecule has 0 aromatic carbocycles. The first kappa shape index (κ1) is 29.3. The van der Waals surface area contributed by atoms with Crippen LogP contribution in [0, 0.1) is 10.8 Å². The van der Waals surface area contributed by atoms with E-state index in [4.69, 9.17) is 0 Å². The van der Waals surface area contributed by atoms with E-state index in [9.17, 15) is 29.1 Å². The molecule has 0 aromatic heterocycles. The molecule has 0 saturated heterocycles. The number of aliphatic hydroxyl groups excluding tert-OH is 1. The Bertz CT molecular complexity index is 646. The highest BCUT2D eigenvalue weighted by atomic mass is 16.3. The zero-order chi connectivity index (χ0) is 24.2. The second kappa shape index (κ2) is 13.7. The molecule has 178 valence electrons. The summed E-state index contributed by atoms with van der Waals surface area (Å²) in [5, 5.41) is 9.81. The predicted octanol–water partition coefficient (Wildman–Crippen LogP) is 4.58. The Hall–Kier alpha value is -1.69. The van der Waals surface area contributed by atoms with Crippen LogP contribution < -0.4 is 0 Å². The Balaban J connectivity index is 5.87. The summed E-state index contributed by atoms with van der Waals surface area (Å²) in [6.07, 6.45) is 2.59. The Morgan fingerprint density at radius 1 is 0.806 bits per heavy atom. The number of carbonyl (C=O) groups excluding carboxylic acids is 5. The molecule has 0 radical (unpaired) electrons. The van der Waals surface area contributed by atoms with E-state index in [-0.39, 0.29) is 55.2 Å². The molecule has 0 amide bonds. The molecule has 0 aliphatic carbocycles. The number of ketones is 5. The molecule has 6 heteroatoms. The lowest BCUT2D eigenvalue weighted by Gasteiger charge is -2.44. The maximum absolute atomic E-state index is 13.5. The molecule has 0 heterocycles. The number of unbranched alkanes of at least 4 members (excludes halogenated alkanes) is 1. The largest absolute Gasteiger partial charge is 0.386 e. The number of rotatable bonds is 18. The van der Waals surface area contributed by atoms with Gasteiger partial charge >= 0.3 is 0 Å². The van der Waals surface area contributed by atoms with Crippen LogP contribution in [0.3, 0.4) is 0 Å². The molecule has 0 bridgehead atoms. The summed E-state index contributed by atoms with van der Waals surface area (Å²) in [7, 11) is 0. The summed E-state index contributed by atoms with van der Waals surface area (Å²) < 4.78 is 0. The molecule has 2 unspecified atom stereocenters. The smallest absolute Gasteiger partial charge is 0.162 e. The second-order valence-electron chi connectivity index (χ2n) is 9.29. The van der Waals surface area contributed by atoms with Gasteiger partial charge in [-0.3, -0.25) is 24.0 Å². The highest BCUT2D eigenvalue weighted by molar-refractivity contribution is 5.98. The molecule has 0 aromatic rings. The topological polar surface area (TPSA) is 106 Å². The Labute approximate surface area is 187 Å². The average Bonchev–Trinajstić information content (AvgIpc) is 2.68. The molecule has 1 N–H and O–H groups in total. The van der Waals surface area contributed by atoms with Crippen LogP contribution >= 0.6 is 0 Å². The average molecular weight is 439 g/mol. The van der Waals surface area contributed by atoms with Gasteiger partial charge in [-0.2, -0.15) is 0 Å². The van der Waals surface area contributed by atoms with Crippen LogP contribution in [0.4, 0.5) is 0 Å². The summed E-state index contributed by atoms with van der Waals surface area (Å²) >= 11 is 0. The number of carbonyl (C=O) groups is 5. The fourth-order valence-electron chi connectivity index (χ4n) is 3.93. The first-order valence-corrected chi connectivity index (χ1v) is 11.6. The lowest BCUT2D eigenvalue weighted by atomic mass is 9.56. The van der Waals surface area contributed by atoms with Crippen molar-refractivity contribution in [2.45, 2.75) is 118 Å². The number of Topliss-reactive ketones (excluding diaryl/α,β-unsaturated/α-hetero) is 5. The van der Waals surface area contributed by atoms with Gasteiger partial charge in [-0.15, -0.1) is 0 Å². The second-order valence-corrected chi connectivity index (χ2v) is 9.29. The van der Waals surface area contributed by atoms with Crippen molar-refractivity contribution in [3.8, 4) is 0 Å². The summed E-state index contributed by atoms with van der Waals surface area (Å²) in [5.74, 6) is -0.970. The maximum atomic E-state index is 13.5. The zero-order valence-electron chi connectivity index (χ0n) is 20.3. The van der Waals surface area contributed by atoms with Gasteiger partial charge in [0.25, 0.3) is 0 Å². The van der Waals surface area contributed by atoms with Crippen molar-refractivity contribution >= 4 is 28.9 Å². The van der Waals surface area contributed by atoms with Gasteiger partial charge in [0.15, 0.2) is 5.78 Å². The minimum absolute atomic E-state index is 0.0155. The van der Waals surface area contributed by atoms with Crippen LogP contribution in [0.2, 0.25) is 0 Å². The van der Waals surface area contributed by atoms with E-state index in [2.05, 4.69) is 0 Å². The van der Waals surface area contributed by atoms with E-state index in [1.807, 2.05) is 13.8 Å². The molecule has 0 saturated carbocycles. The third-order valence-corrected chi connectivity index (χ3v) is 6.58. The van der Waals surface area contributed by atoms with Crippen molar-refractivity contribution in [3.05, 3.63) is 0 Å². The molecule has 0 aliphatic heterocycles. The van der Waals surface area contributed by atoms with Crippen LogP contribution in [-0.2, 0) is 24.0 Å². The third-order valence-electron chi connectivity index (χ3n) is 6.58. The number of aliphatic hydroxyl groups is 1. The third kappa shape index (κ3) is 8.76. The van der Waals surface area contributed by atoms with Gasteiger partial charge in [0.1, 0.15) is 29.2 Å². The first-order valence-electron chi connectivity index (χ1n) is 11.6. The van der Waals surface area contributed by atoms with Gasteiger partial charge in [0.05, 0.1) is 0 Å². The molecule has 0 aliphatic rings. The Morgan fingerprint density at radius 3 is 1.84 bits per heavy atom. The van der Waals surface area contributed by atoms with Crippen LogP contribution in [-0.4, -0.2) is 40.1 Å². The highest BCUT2D eigenvalue weighted by Gasteiger charge is 2.53. The molecule has 0 spiro atoms. The van der Waals surface area contributed by atoms with Gasteiger partial charge in [-0.25, -0.2) is 0 Å². The molecule has 0 rings (SSSR count). The molecule has 2 atom stereocenters. The van der Waals surface area contributed by atoms with E-state index < -0.39 is 22.7 Å². The number of hydrogen-bond acceptors (Lipinski definition) is 6. The lowest BCUT2D eigenvalue weighted by molar-refractivity contribution is -0.152. The van der Waals surface area contributed by atoms with Crippen molar-refractivity contribution in [2.24, 2.45) is 10.8 Å². The van der Waals surface area contributed by atoms with Crippen molar-refractivity contribution < 1.29 is 29.1 Å². The quantitative estimate of drug-likeness (QED) is 0.336. The zero-order valence-corrected chi connectivity index (χ0v) is 20.3. The van der Waals surface area contributed by atoms with Crippen LogP contribution in [0.5, 0.6) is 0 Å². The highest BCUT2D eigenvalue weighted by Crippen LogP contribution is 2.49. The van der Waals surface area contributed by atoms with Gasteiger partial charge in [0, 0.05) is 49.4 Å². The lowest BCUT2D eigenvalue weighted by Crippen LogP contribution is -2.51. The van der Waals surface area contributed by atoms with E-state index in [1.165, 1.54) is 13.8 Å². The van der Waals surface area contributed by atoms with E-state index in [0.717, 1.165) is 12.8 Å². The van der Waals surface area contributed by atoms with Crippen molar-refractivity contribution in [1.82, 2.24) is 0 Å². The molecule has 31 heavy (non-hydrogen) atoms. The molecule has 6 nitrogen and oxygen atoms in total. The SMILES string of the molecule is CCCCC(=O)CCCC(=O)C(CCC(=O)CCC)(CC(=O)C(C)O)C(C)(C)C(C)=O. The minimum Gasteiger partial charge on any atom is -0.386 e. The van der Waals surface area contributed by atoms with Gasteiger partial charge in [-0.05, 0) is 39.5 Å². The van der Waals surface area contributed by atoms with Gasteiger partial charge < -0.3 is 5.11 Å². The summed E-state index contributed by atoms with van der Waals surface area (Å²) in [5.41, 5.74) is -2.57. The van der Waals surface area contributed by atoms with E-state index >= 15 is 0 Å². The Kier molecular flexibility index (Phi) is 12.9. The predicted molar refractivity (Wildman–Crippen MR) is 121 cm³/mol. The standard InChI is InChI=1S/C25H42O6/c1-7-9-12-21(29)13-10-14-23(31)25(17-22(30)18(3)26,24(5,6)19(4)27)16-15-20(28)11-8-2/h18,26H,7-17H2,1-6H3. The van der Waals surface area contributed by atoms with Crippen LogP contribution in [0.15, 0.2) is 0 Å². The molecular formula is C25H42O6. The molecular weight excluding hydrogens is 396 g/mol. The number of hydrogen-bond donors (Lipinski definition) is 1. The van der Waals surface area contributed by atoms with Gasteiger partial charge in [-0.1, -0.05) is 34.1 Å². The van der Waals surface area contributed by atoms with Crippen molar-refractivity contribution in [1.29, 1.82) is 0 Å². The maximum Gasteiger partial charge on any atom is 0.162 e. The van der Waals surface area contributed by atoms with E-state index in [1.54, 1.807) is 13.8 Å². The summed E-state index contributed by atoms with van der Waals surface area (Å²) in [4.78, 5) is 62.9. The fraction of sp³-hybridized carbons (Fsp3) is 0.800. The normalized spacial score (nSPS) is 14.5. The Morgan fingerprint density at radius 2 is 1.35 bits per heavy atom. The summed E-state index contributed by atoms with van der Waals surface area (Å²) in [6.45, 7) is 9.90. The first-order chi connectivity index (χ1) is 14.4. The van der Waals surface area contributed by atoms with Crippen molar-refractivity contribution in [3.63, 3.8) is 0 Å². The fourth-order valence-corrected chi connectivity index (χ4v) is 3.93. The van der Waals surface area contributed by atoms with Gasteiger partial charge in [0.2, 0.25) is 0 Å². The summed E-state index contributed by atoms with van der Waals surface area (Å²) in [6, 6.07) is 0. The van der Waals surface area contributed by atoms with E-state index in [0.29, 0.717) is 25.7 Å². The minimum atomic E-state index is -1.39. The van der Waals surface area contributed by atoms with Crippen molar-refractivity contribution in [2.75, 3.05) is 0 Å². The van der Waals surface area contributed by atoms with Crippen LogP contribution in [0.25, 0.3) is 0 Å². The van der Waals surface area contributed by atoms with Crippen LogP contribution in [0.1, 0.15) is 112 Å².